The van der Waals surface area contributed by atoms with Gasteiger partial charge in [-0.15, -0.1) is 0 Å². The molecule has 1 saturated heterocycles. The molecular weight excluding hydrogens is 376 g/mol. The topological polar surface area (TPSA) is 74.2 Å². The Morgan fingerprint density at radius 3 is 2.70 bits per heavy atom. The van der Waals surface area contributed by atoms with Crippen LogP contribution in [0.15, 0.2) is 41.6 Å². The van der Waals surface area contributed by atoms with E-state index in [1.807, 2.05) is 10.8 Å². The van der Waals surface area contributed by atoms with Crippen LogP contribution < -0.4 is 10.5 Å². The van der Waals surface area contributed by atoms with Crippen molar-refractivity contribution < 1.29 is 5.11 Å². The van der Waals surface area contributed by atoms with Crippen molar-refractivity contribution in [2.24, 2.45) is 5.92 Å². The average molecular weight is 409 g/mol. The molecule has 0 saturated carbocycles. The molecule has 2 N–H and O–H groups in total. The van der Waals surface area contributed by atoms with Crippen molar-refractivity contribution in [1.82, 2.24) is 14.5 Å². The highest BCUT2D eigenvalue weighted by Crippen LogP contribution is 2.31. The number of nitrogens with zero attached hydrogens (tertiary/aromatic N) is 3. The lowest BCUT2D eigenvalue weighted by Gasteiger charge is -2.16. The van der Waals surface area contributed by atoms with E-state index in [0.29, 0.717) is 11.0 Å². The van der Waals surface area contributed by atoms with E-state index in [1.54, 1.807) is 0 Å². The van der Waals surface area contributed by atoms with Crippen LogP contribution in [0.1, 0.15) is 51.0 Å². The first-order chi connectivity index (χ1) is 14.7. The lowest BCUT2D eigenvalue weighted by molar-refractivity contribution is 0.238. The van der Waals surface area contributed by atoms with E-state index in [-0.39, 0.29) is 18.1 Å². The Hall–Kier alpha value is -2.60. The third-order valence-electron chi connectivity index (χ3n) is 6.24. The van der Waals surface area contributed by atoms with Gasteiger partial charge in [0.2, 0.25) is 0 Å². The highest BCUT2D eigenvalue weighted by atomic mass is 16.3. The van der Waals surface area contributed by atoms with Gasteiger partial charge in [-0.1, -0.05) is 44.7 Å². The molecule has 0 unspecified atom stereocenters. The molecular formula is C24H32N4O2. The normalized spacial score (nSPS) is 16.6. The molecule has 1 aromatic carbocycles. The van der Waals surface area contributed by atoms with Gasteiger partial charge in [0.15, 0.2) is 5.65 Å². The van der Waals surface area contributed by atoms with Gasteiger partial charge in [-0.25, -0.2) is 4.98 Å². The molecule has 1 fully saturated rings. The quantitative estimate of drug-likeness (QED) is 0.524. The number of H-pyrrole nitrogens is 1. The predicted molar refractivity (Wildman–Crippen MR) is 122 cm³/mol. The first kappa shape index (κ1) is 20.7. The van der Waals surface area contributed by atoms with E-state index in [1.165, 1.54) is 44.0 Å². The Balaban J connectivity index is 1.58. The van der Waals surface area contributed by atoms with Crippen molar-refractivity contribution in [2.45, 2.75) is 51.9 Å². The maximum atomic E-state index is 12.6. The van der Waals surface area contributed by atoms with Gasteiger partial charge in [0.05, 0.1) is 12.0 Å². The molecule has 1 aliphatic heterocycles. The first-order valence-electron chi connectivity index (χ1n) is 11.2. The Kier molecular flexibility index (Phi) is 6.53. The summed E-state index contributed by atoms with van der Waals surface area (Å²) in [6, 6.07) is 8.61. The van der Waals surface area contributed by atoms with Gasteiger partial charge in [-0.3, -0.25) is 9.36 Å². The van der Waals surface area contributed by atoms with E-state index in [2.05, 4.69) is 46.1 Å². The largest absolute Gasteiger partial charge is 0.396 e. The molecule has 4 rings (SSSR count). The smallest absolute Gasteiger partial charge is 0.262 e. The predicted octanol–water partition coefficient (Wildman–Crippen LogP) is 4.05. The highest BCUT2D eigenvalue weighted by molar-refractivity contribution is 5.91. The lowest BCUT2D eigenvalue weighted by Crippen LogP contribution is -2.21. The van der Waals surface area contributed by atoms with Gasteiger partial charge >= 0.3 is 0 Å². The minimum atomic E-state index is -0.120. The number of nitrogens with one attached hydrogen (secondary N) is 1. The molecule has 0 amide bonds. The van der Waals surface area contributed by atoms with Crippen LogP contribution >= 0.6 is 0 Å². The number of aromatic amines is 1. The average Bonchev–Trinajstić information content (AvgIpc) is 3.39. The van der Waals surface area contributed by atoms with Crippen molar-refractivity contribution >= 4 is 16.7 Å². The van der Waals surface area contributed by atoms with Gasteiger partial charge in [0.25, 0.3) is 5.56 Å². The number of hydrogen-bond acceptors (Lipinski definition) is 4. The number of rotatable bonds is 9. The Morgan fingerprint density at radius 2 is 1.97 bits per heavy atom. The van der Waals surface area contributed by atoms with E-state index in [0.717, 1.165) is 37.3 Å². The van der Waals surface area contributed by atoms with Crippen LogP contribution in [0.4, 0.5) is 5.69 Å². The number of benzene rings is 1. The zero-order valence-electron chi connectivity index (χ0n) is 17.8. The summed E-state index contributed by atoms with van der Waals surface area (Å²) in [5, 5.41) is 10.1. The first-order valence-corrected chi connectivity index (χ1v) is 11.2. The van der Waals surface area contributed by atoms with Crippen molar-refractivity contribution in [1.29, 1.82) is 0 Å². The minimum Gasteiger partial charge on any atom is -0.396 e. The zero-order chi connectivity index (χ0) is 20.9. The minimum absolute atomic E-state index is 0.120. The zero-order valence-corrected chi connectivity index (χ0v) is 17.8. The van der Waals surface area contributed by atoms with E-state index in [9.17, 15) is 9.90 Å². The van der Waals surface area contributed by atoms with Crippen LogP contribution in [0.25, 0.3) is 16.7 Å². The van der Waals surface area contributed by atoms with Gasteiger partial charge in [0.1, 0.15) is 5.39 Å². The molecule has 0 aliphatic carbocycles. The number of aromatic nitrogens is 3. The molecule has 0 bridgehead atoms. The molecule has 3 heterocycles. The Bertz CT molecular complexity index is 1020. The monoisotopic (exact) mass is 408 g/mol. The molecule has 3 aromatic rings. The van der Waals surface area contributed by atoms with Gasteiger partial charge in [-0.05, 0) is 37.0 Å². The summed E-state index contributed by atoms with van der Waals surface area (Å²) in [6.07, 6.45) is 12.0. The van der Waals surface area contributed by atoms with Crippen LogP contribution in [0.5, 0.6) is 0 Å². The summed E-state index contributed by atoms with van der Waals surface area (Å²) in [7, 11) is 0. The van der Waals surface area contributed by atoms with Gasteiger partial charge in [-0.2, -0.15) is 0 Å². The molecule has 6 nitrogen and oxygen atoms in total. The summed E-state index contributed by atoms with van der Waals surface area (Å²) >= 11 is 0. The number of anilines is 1. The maximum absolute atomic E-state index is 12.6. The number of aliphatic hydroxyl groups is 1. The summed E-state index contributed by atoms with van der Waals surface area (Å²) in [5.41, 5.74) is 3.81. The van der Waals surface area contributed by atoms with Crippen LogP contribution in [-0.2, 0) is 6.42 Å². The fourth-order valence-corrected chi connectivity index (χ4v) is 4.44. The Morgan fingerprint density at radius 1 is 1.17 bits per heavy atom. The molecule has 0 spiro atoms. The van der Waals surface area contributed by atoms with Crippen LogP contribution in [-0.4, -0.2) is 39.3 Å². The molecule has 160 valence electrons. The molecule has 30 heavy (non-hydrogen) atoms. The number of hydrogen-bond donors (Lipinski definition) is 2. The number of fused-ring (bicyclic) bond motifs is 1. The van der Waals surface area contributed by atoms with Crippen molar-refractivity contribution in [2.75, 3.05) is 24.6 Å². The number of unbranched alkanes of at least 4 members (excludes halogenated alkanes) is 4. The second-order valence-corrected chi connectivity index (χ2v) is 8.43. The standard InChI is InChI=1S/C24H32N4O2/c1-2-3-4-5-6-7-18-8-10-20(11-9-18)28-15-21(27-13-12-19(14-27)16-29)22-23(28)25-17-26-24(22)30/h8-11,15,17,19,29H,2-7,12-14,16H2,1H3,(H,25,26,30)/t19-/m0/s1. The third kappa shape index (κ3) is 4.29. The SMILES string of the molecule is CCCCCCCc1ccc(-n2cc(N3CC[C@H](CO)C3)c3c(=O)[nH]cnc32)cc1. The second kappa shape index (κ2) is 9.47. The molecule has 1 atom stereocenters. The van der Waals surface area contributed by atoms with E-state index in [4.69, 9.17) is 0 Å². The van der Waals surface area contributed by atoms with Crippen LogP contribution in [0.3, 0.4) is 0 Å². The van der Waals surface area contributed by atoms with Crippen LogP contribution in [0, 0.1) is 5.92 Å². The summed E-state index contributed by atoms with van der Waals surface area (Å²) in [5.74, 6) is 0.260. The van der Waals surface area contributed by atoms with Crippen molar-refractivity contribution in [3.8, 4) is 5.69 Å². The fraction of sp³-hybridized carbons (Fsp3) is 0.500. The third-order valence-corrected chi connectivity index (χ3v) is 6.24. The molecule has 1 aliphatic rings. The lowest BCUT2D eigenvalue weighted by atomic mass is 10.1. The highest BCUT2D eigenvalue weighted by Gasteiger charge is 2.26. The number of aliphatic hydroxyl groups excluding tert-OH is 1. The Labute approximate surface area is 177 Å². The molecule has 6 heteroatoms. The summed E-state index contributed by atoms with van der Waals surface area (Å²) in [6.45, 7) is 4.03. The van der Waals surface area contributed by atoms with Crippen molar-refractivity contribution in [3.63, 3.8) is 0 Å². The van der Waals surface area contributed by atoms with Crippen molar-refractivity contribution in [3.05, 3.63) is 52.7 Å². The maximum Gasteiger partial charge on any atom is 0.262 e. The number of aryl methyl sites for hydroxylation is 1. The summed E-state index contributed by atoms with van der Waals surface area (Å²) < 4.78 is 2.01. The molecule has 2 aromatic heterocycles. The van der Waals surface area contributed by atoms with Gasteiger partial charge < -0.3 is 15.0 Å². The van der Waals surface area contributed by atoms with E-state index < -0.39 is 0 Å². The second-order valence-electron chi connectivity index (χ2n) is 8.43. The summed E-state index contributed by atoms with van der Waals surface area (Å²) in [4.78, 5) is 22.0. The van der Waals surface area contributed by atoms with E-state index >= 15 is 0 Å². The fourth-order valence-electron chi connectivity index (χ4n) is 4.44. The van der Waals surface area contributed by atoms with Crippen LogP contribution in [0.2, 0.25) is 0 Å². The van der Waals surface area contributed by atoms with Gasteiger partial charge in [0, 0.05) is 37.5 Å². The molecule has 0 radical (unpaired) electrons.